The van der Waals surface area contributed by atoms with Crippen LogP contribution in [0, 0.1) is 0 Å². The van der Waals surface area contributed by atoms with Crippen LogP contribution in [0.15, 0.2) is 35.7 Å². The number of hydrogen-bond acceptors (Lipinski definition) is 4. The highest BCUT2D eigenvalue weighted by atomic mass is 32.2. The summed E-state index contributed by atoms with van der Waals surface area (Å²) in [6, 6.07) is 8.06. The van der Waals surface area contributed by atoms with Crippen LogP contribution in [0.4, 0.5) is 0 Å². The zero-order valence-electron chi connectivity index (χ0n) is 12.3. The van der Waals surface area contributed by atoms with Crippen molar-refractivity contribution in [1.82, 2.24) is 19.6 Å². The molecule has 5 heteroatoms. The number of hydrogen-bond donors (Lipinski definition) is 0. The molecule has 0 aliphatic heterocycles. The van der Waals surface area contributed by atoms with E-state index in [-0.39, 0.29) is 0 Å². The molecule has 3 rings (SSSR count). The van der Waals surface area contributed by atoms with Gasteiger partial charge in [0.15, 0.2) is 5.65 Å². The molecule has 0 fully saturated rings. The Morgan fingerprint density at radius 3 is 2.86 bits per heavy atom. The van der Waals surface area contributed by atoms with Crippen LogP contribution in [0.1, 0.15) is 39.0 Å². The molecule has 4 nitrogen and oxygen atoms in total. The molecule has 21 heavy (non-hydrogen) atoms. The summed E-state index contributed by atoms with van der Waals surface area (Å²) in [4.78, 5) is 9.05. The molecule has 110 valence electrons. The molecular weight excluding hydrogens is 280 g/mol. The lowest BCUT2D eigenvalue weighted by atomic mass is 10.2. The lowest BCUT2D eigenvalue weighted by molar-refractivity contribution is 0.659. The first-order valence-electron chi connectivity index (χ1n) is 7.61. The summed E-state index contributed by atoms with van der Waals surface area (Å²) in [6.07, 6.45) is 8.26. The van der Waals surface area contributed by atoms with Gasteiger partial charge in [0.2, 0.25) is 5.16 Å². The molecule has 0 amide bonds. The smallest absolute Gasteiger partial charge is 0.209 e. The van der Waals surface area contributed by atoms with Gasteiger partial charge in [0.05, 0.1) is 5.52 Å². The van der Waals surface area contributed by atoms with Gasteiger partial charge in [0.25, 0.3) is 0 Å². The first-order chi connectivity index (χ1) is 10.4. The Balaban J connectivity index is 1.68. The molecule has 0 spiro atoms. The van der Waals surface area contributed by atoms with Crippen LogP contribution in [0.3, 0.4) is 0 Å². The van der Waals surface area contributed by atoms with Crippen LogP contribution >= 0.6 is 11.8 Å². The van der Waals surface area contributed by atoms with E-state index in [9.17, 15) is 0 Å². The number of rotatable bonds is 7. The lowest BCUT2D eigenvalue weighted by Crippen LogP contribution is -1.90. The minimum Gasteiger partial charge on any atom is -0.236 e. The summed E-state index contributed by atoms with van der Waals surface area (Å²) >= 11 is 1.74. The SMILES string of the molecule is CCCCCCCSc1nc2c3ccccc3ncn2n1. The fraction of sp³-hybridized carbons (Fsp3) is 0.438. The Morgan fingerprint density at radius 1 is 1.10 bits per heavy atom. The number of aromatic nitrogens is 4. The van der Waals surface area contributed by atoms with Gasteiger partial charge in [-0.1, -0.05) is 56.5 Å². The Kier molecular flexibility index (Phi) is 4.70. The molecule has 0 aliphatic rings. The van der Waals surface area contributed by atoms with Crippen molar-refractivity contribution < 1.29 is 0 Å². The van der Waals surface area contributed by atoms with Crippen LogP contribution < -0.4 is 0 Å². The number of benzene rings is 1. The summed E-state index contributed by atoms with van der Waals surface area (Å²) < 4.78 is 1.78. The van der Waals surface area contributed by atoms with Crippen molar-refractivity contribution in [3.8, 4) is 0 Å². The standard InChI is InChI=1S/C16H20N4S/c1-2-3-4-5-8-11-21-16-18-15-13-9-6-7-10-14(13)17-12-20(15)19-16/h6-7,9-10,12H,2-5,8,11H2,1H3. The normalized spacial score (nSPS) is 11.5. The molecule has 3 aromatic rings. The third kappa shape index (κ3) is 3.35. The number of unbranched alkanes of at least 4 members (excludes halogenated alkanes) is 4. The maximum absolute atomic E-state index is 4.65. The molecule has 2 heterocycles. The Morgan fingerprint density at radius 2 is 1.95 bits per heavy atom. The quantitative estimate of drug-likeness (QED) is 0.481. The van der Waals surface area contributed by atoms with Crippen molar-refractivity contribution in [2.75, 3.05) is 5.75 Å². The number of nitrogens with zero attached hydrogens (tertiary/aromatic N) is 4. The molecule has 0 N–H and O–H groups in total. The van der Waals surface area contributed by atoms with E-state index in [1.165, 1.54) is 32.1 Å². The van der Waals surface area contributed by atoms with E-state index in [0.717, 1.165) is 27.5 Å². The van der Waals surface area contributed by atoms with Crippen molar-refractivity contribution in [2.24, 2.45) is 0 Å². The van der Waals surface area contributed by atoms with Crippen molar-refractivity contribution >= 4 is 28.3 Å². The minimum atomic E-state index is 0.851. The van der Waals surface area contributed by atoms with E-state index < -0.39 is 0 Å². The predicted molar refractivity (Wildman–Crippen MR) is 87.8 cm³/mol. The third-order valence-electron chi connectivity index (χ3n) is 3.54. The third-order valence-corrected chi connectivity index (χ3v) is 4.47. The zero-order valence-corrected chi connectivity index (χ0v) is 13.1. The molecule has 0 atom stereocenters. The molecular formula is C16H20N4S. The first-order valence-corrected chi connectivity index (χ1v) is 8.60. The monoisotopic (exact) mass is 300 g/mol. The summed E-state index contributed by atoms with van der Waals surface area (Å²) in [5.41, 5.74) is 1.86. The summed E-state index contributed by atoms with van der Waals surface area (Å²) in [5, 5.41) is 6.41. The molecule has 0 bridgehead atoms. The largest absolute Gasteiger partial charge is 0.236 e. The average molecular weight is 300 g/mol. The molecule has 0 radical (unpaired) electrons. The lowest BCUT2D eigenvalue weighted by Gasteiger charge is -1.97. The van der Waals surface area contributed by atoms with Crippen molar-refractivity contribution in [2.45, 2.75) is 44.2 Å². The van der Waals surface area contributed by atoms with Gasteiger partial charge in [-0.05, 0) is 18.6 Å². The molecule has 0 aliphatic carbocycles. The number of fused-ring (bicyclic) bond motifs is 3. The summed E-state index contributed by atoms with van der Waals surface area (Å²) in [5.74, 6) is 1.09. The van der Waals surface area contributed by atoms with Gasteiger partial charge < -0.3 is 0 Å². The second kappa shape index (κ2) is 6.89. The van der Waals surface area contributed by atoms with Gasteiger partial charge in [-0.15, -0.1) is 5.10 Å². The molecule has 2 aromatic heterocycles. The van der Waals surface area contributed by atoms with E-state index in [4.69, 9.17) is 0 Å². The Labute approximate surface area is 129 Å². The van der Waals surface area contributed by atoms with Gasteiger partial charge in [-0.3, -0.25) is 0 Å². The number of para-hydroxylation sites is 1. The first kappa shape index (κ1) is 14.3. The van der Waals surface area contributed by atoms with Crippen LogP contribution in [0.5, 0.6) is 0 Å². The second-order valence-electron chi connectivity index (χ2n) is 5.19. The Hall–Kier alpha value is -1.62. The average Bonchev–Trinajstić information content (AvgIpc) is 2.94. The highest BCUT2D eigenvalue weighted by molar-refractivity contribution is 7.99. The van der Waals surface area contributed by atoms with Crippen LogP contribution in [0.25, 0.3) is 16.6 Å². The van der Waals surface area contributed by atoms with Crippen molar-refractivity contribution in [3.63, 3.8) is 0 Å². The Bertz CT molecular complexity index is 722. The summed E-state index contributed by atoms with van der Waals surface area (Å²) in [7, 11) is 0. The topological polar surface area (TPSA) is 43.1 Å². The van der Waals surface area contributed by atoms with Crippen LogP contribution in [-0.4, -0.2) is 25.3 Å². The maximum Gasteiger partial charge on any atom is 0.209 e. The fourth-order valence-corrected chi connectivity index (χ4v) is 3.22. The summed E-state index contributed by atoms with van der Waals surface area (Å²) in [6.45, 7) is 2.24. The van der Waals surface area contributed by atoms with Gasteiger partial charge in [0.1, 0.15) is 6.33 Å². The van der Waals surface area contributed by atoms with E-state index >= 15 is 0 Å². The molecule has 0 saturated heterocycles. The predicted octanol–water partition coefficient (Wildman–Crippen LogP) is 4.34. The van der Waals surface area contributed by atoms with E-state index in [2.05, 4.69) is 22.0 Å². The number of thioether (sulfide) groups is 1. The molecule has 0 unspecified atom stereocenters. The molecule has 1 aromatic carbocycles. The van der Waals surface area contributed by atoms with Crippen LogP contribution in [-0.2, 0) is 0 Å². The van der Waals surface area contributed by atoms with Crippen LogP contribution in [0.2, 0.25) is 0 Å². The molecule has 0 saturated carbocycles. The second-order valence-corrected chi connectivity index (χ2v) is 6.25. The van der Waals surface area contributed by atoms with Crippen molar-refractivity contribution in [3.05, 3.63) is 30.6 Å². The zero-order chi connectivity index (χ0) is 14.5. The highest BCUT2D eigenvalue weighted by Gasteiger charge is 2.08. The van der Waals surface area contributed by atoms with Gasteiger partial charge in [-0.25, -0.2) is 14.5 Å². The minimum absolute atomic E-state index is 0.851. The van der Waals surface area contributed by atoms with E-state index in [0.29, 0.717) is 0 Å². The van der Waals surface area contributed by atoms with Gasteiger partial charge in [0, 0.05) is 11.1 Å². The fourth-order valence-electron chi connectivity index (χ4n) is 2.39. The van der Waals surface area contributed by atoms with Crippen molar-refractivity contribution in [1.29, 1.82) is 0 Å². The van der Waals surface area contributed by atoms with E-state index in [1.807, 2.05) is 24.3 Å². The van der Waals surface area contributed by atoms with Gasteiger partial charge >= 0.3 is 0 Å². The van der Waals surface area contributed by atoms with Gasteiger partial charge in [-0.2, -0.15) is 0 Å². The maximum atomic E-state index is 4.65. The highest BCUT2D eigenvalue weighted by Crippen LogP contribution is 2.21. The van der Waals surface area contributed by atoms with E-state index in [1.54, 1.807) is 22.6 Å².